The van der Waals surface area contributed by atoms with Crippen molar-refractivity contribution in [1.29, 1.82) is 0 Å². The van der Waals surface area contributed by atoms with Crippen LogP contribution in [-0.4, -0.2) is 49.6 Å². The lowest BCUT2D eigenvalue weighted by Gasteiger charge is -2.22. The molecule has 0 aromatic carbocycles. The van der Waals surface area contributed by atoms with Crippen molar-refractivity contribution < 1.29 is 32.0 Å². The van der Waals surface area contributed by atoms with Crippen LogP contribution in [0.5, 0.6) is 0 Å². The van der Waals surface area contributed by atoms with E-state index in [4.69, 9.17) is 4.74 Å². The number of carbonyl (C=O) groups is 2. The number of ether oxygens (including phenoxy) is 1. The van der Waals surface area contributed by atoms with Crippen LogP contribution in [0.25, 0.3) is 0 Å². The molecular weight excluding hydrogens is 302 g/mol. The molecule has 1 rings (SSSR count). The lowest BCUT2D eigenvalue weighted by atomic mass is 10.1. The van der Waals surface area contributed by atoms with Gasteiger partial charge in [0, 0.05) is 0 Å². The molecule has 0 bridgehead atoms. The molecule has 9 heteroatoms. The van der Waals surface area contributed by atoms with Crippen molar-refractivity contribution in [3.8, 4) is 0 Å². The molecule has 1 amide bonds. The molecule has 21 heavy (non-hydrogen) atoms. The van der Waals surface area contributed by atoms with E-state index in [1.54, 1.807) is 20.8 Å². The lowest BCUT2D eigenvalue weighted by Crippen LogP contribution is -2.47. The maximum atomic E-state index is 11.7. The molecule has 0 unspecified atom stereocenters. The van der Waals surface area contributed by atoms with Gasteiger partial charge in [-0.1, -0.05) is 0 Å². The molecule has 1 aliphatic carbocycles. The Hall–Kier alpha value is -1.35. The molecule has 122 valence electrons. The predicted octanol–water partition coefficient (Wildman–Crippen LogP) is 0.721. The van der Waals surface area contributed by atoms with Gasteiger partial charge in [0.05, 0.1) is 12.9 Å². The summed E-state index contributed by atoms with van der Waals surface area (Å²) in [5.41, 5.74) is -2.13. The van der Waals surface area contributed by atoms with E-state index in [0.29, 0.717) is 0 Å². The van der Waals surface area contributed by atoms with Gasteiger partial charge in [0.15, 0.2) is 0 Å². The number of amides is 1. The highest BCUT2D eigenvalue weighted by Crippen LogP contribution is 2.46. The molecule has 2 N–H and O–H groups in total. The maximum Gasteiger partial charge on any atom is 0.408 e. The minimum absolute atomic E-state index is 0.117. The third kappa shape index (κ3) is 5.50. The van der Waals surface area contributed by atoms with E-state index < -0.39 is 33.3 Å². The van der Waals surface area contributed by atoms with E-state index in [-0.39, 0.29) is 25.4 Å². The van der Waals surface area contributed by atoms with Crippen molar-refractivity contribution in [3.05, 3.63) is 0 Å². The van der Waals surface area contributed by atoms with E-state index in [1.165, 1.54) is 0 Å². The van der Waals surface area contributed by atoms with Crippen LogP contribution in [0.1, 0.15) is 33.6 Å². The highest BCUT2D eigenvalue weighted by Gasteiger charge is 2.61. The number of hydrogen-bond donors (Lipinski definition) is 2. The van der Waals surface area contributed by atoms with Crippen LogP contribution < -0.4 is 5.32 Å². The van der Waals surface area contributed by atoms with E-state index in [1.807, 2.05) is 0 Å². The van der Waals surface area contributed by atoms with Gasteiger partial charge < -0.3 is 15.2 Å². The first-order chi connectivity index (χ1) is 9.36. The van der Waals surface area contributed by atoms with Gasteiger partial charge in [-0.25, -0.2) is 9.59 Å². The number of carboxylic acid groups (broad SMARTS) is 1. The summed E-state index contributed by atoms with van der Waals surface area (Å²) in [5.74, 6) is -1.55. The number of hydrogen-bond acceptors (Lipinski definition) is 6. The molecule has 0 spiro atoms. The number of alkyl carbamates (subject to hydrolysis) is 1. The third-order valence-electron chi connectivity index (χ3n) is 2.97. The van der Waals surface area contributed by atoms with Crippen LogP contribution in [0.3, 0.4) is 0 Å². The highest BCUT2D eigenvalue weighted by atomic mass is 32.2. The number of carbonyl (C=O) groups excluding carboxylic acids is 1. The quantitative estimate of drug-likeness (QED) is 0.691. The van der Waals surface area contributed by atoms with Crippen molar-refractivity contribution >= 4 is 22.2 Å². The molecule has 2 atom stereocenters. The van der Waals surface area contributed by atoms with E-state index in [0.717, 1.165) is 6.26 Å². The van der Waals surface area contributed by atoms with Gasteiger partial charge >= 0.3 is 12.1 Å². The summed E-state index contributed by atoms with van der Waals surface area (Å²) in [4.78, 5) is 23.0. The predicted molar refractivity (Wildman–Crippen MR) is 73.3 cm³/mol. The van der Waals surface area contributed by atoms with Gasteiger partial charge in [-0.15, -0.1) is 0 Å². The van der Waals surface area contributed by atoms with E-state index in [2.05, 4.69) is 9.50 Å². The van der Waals surface area contributed by atoms with Gasteiger partial charge in [0.1, 0.15) is 11.1 Å². The van der Waals surface area contributed by atoms with E-state index >= 15 is 0 Å². The van der Waals surface area contributed by atoms with Gasteiger partial charge in [-0.05, 0) is 39.5 Å². The topological polar surface area (TPSA) is 119 Å². The minimum atomic E-state index is -3.56. The Bertz CT molecular complexity index is 522. The zero-order valence-electron chi connectivity index (χ0n) is 12.5. The van der Waals surface area contributed by atoms with Gasteiger partial charge in [-0.3, -0.25) is 4.18 Å². The Kier molecular flexibility index (Phi) is 4.89. The number of rotatable bonds is 6. The maximum absolute atomic E-state index is 11.7. The average molecular weight is 323 g/mol. The summed E-state index contributed by atoms with van der Waals surface area (Å²) >= 11 is 0. The smallest absolute Gasteiger partial charge is 0.408 e. The molecule has 0 aliphatic heterocycles. The first kappa shape index (κ1) is 17.7. The molecule has 0 radical (unpaired) electrons. The minimum Gasteiger partial charge on any atom is -0.479 e. The van der Waals surface area contributed by atoms with Crippen molar-refractivity contribution in [1.82, 2.24) is 5.32 Å². The zero-order valence-corrected chi connectivity index (χ0v) is 13.3. The molecule has 1 saturated carbocycles. The van der Waals surface area contributed by atoms with Crippen LogP contribution in [0.15, 0.2) is 0 Å². The first-order valence-corrected chi connectivity index (χ1v) is 8.26. The summed E-state index contributed by atoms with van der Waals surface area (Å²) in [5, 5.41) is 11.6. The summed E-state index contributed by atoms with van der Waals surface area (Å²) < 4.78 is 31.3. The lowest BCUT2D eigenvalue weighted by molar-refractivity contribution is -0.141. The van der Waals surface area contributed by atoms with Crippen LogP contribution >= 0.6 is 0 Å². The molecule has 0 saturated heterocycles. The number of nitrogens with one attached hydrogen (secondary N) is 1. The second kappa shape index (κ2) is 5.80. The van der Waals surface area contributed by atoms with Crippen LogP contribution in [-0.2, 0) is 23.8 Å². The van der Waals surface area contributed by atoms with Gasteiger partial charge in [0.2, 0.25) is 0 Å². The fourth-order valence-electron chi connectivity index (χ4n) is 1.97. The summed E-state index contributed by atoms with van der Waals surface area (Å²) in [6, 6.07) is 0. The Morgan fingerprint density at radius 1 is 1.38 bits per heavy atom. The molecule has 0 aromatic rings. The molecule has 8 nitrogen and oxygen atoms in total. The molecular formula is C12H21NO7S. The second-order valence-corrected chi connectivity index (χ2v) is 7.76. The highest BCUT2D eigenvalue weighted by molar-refractivity contribution is 7.85. The fraction of sp³-hybridized carbons (Fsp3) is 0.833. The summed E-state index contributed by atoms with van der Waals surface area (Å²) in [7, 11) is -3.56. The Morgan fingerprint density at radius 3 is 2.38 bits per heavy atom. The van der Waals surface area contributed by atoms with Crippen molar-refractivity contribution in [2.45, 2.75) is 44.8 Å². The second-order valence-electron chi connectivity index (χ2n) is 6.12. The van der Waals surface area contributed by atoms with Crippen molar-refractivity contribution in [2.24, 2.45) is 5.92 Å². The molecule has 1 fully saturated rings. The first-order valence-electron chi connectivity index (χ1n) is 6.45. The Balaban J connectivity index is 2.56. The average Bonchev–Trinajstić information content (AvgIpc) is 2.87. The normalized spacial score (nSPS) is 25.2. The fourth-order valence-corrected chi connectivity index (χ4v) is 2.37. The molecule has 0 heterocycles. The van der Waals surface area contributed by atoms with Crippen molar-refractivity contribution in [2.75, 3.05) is 12.9 Å². The third-order valence-corrected chi connectivity index (χ3v) is 3.57. The summed E-state index contributed by atoms with van der Waals surface area (Å²) in [6.45, 7) is 4.90. The monoisotopic (exact) mass is 323 g/mol. The molecule has 0 aromatic heterocycles. The van der Waals surface area contributed by atoms with Crippen LogP contribution in [0, 0.1) is 5.92 Å². The Morgan fingerprint density at radius 2 is 1.95 bits per heavy atom. The largest absolute Gasteiger partial charge is 0.479 e. The zero-order chi connectivity index (χ0) is 16.5. The van der Waals surface area contributed by atoms with Crippen molar-refractivity contribution in [3.63, 3.8) is 0 Å². The van der Waals surface area contributed by atoms with Crippen LogP contribution in [0.4, 0.5) is 4.79 Å². The van der Waals surface area contributed by atoms with Crippen LogP contribution in [0.2, 0.25) is 0 Å². The number of carboxylic acids is 1. The van der Waals surface area contributed by atoms with E-state index in [9.17, 15) is 23.1 Å². The summed E-state index contributed by atoms with van der Waals surface area (Å²) in [6.07, 6.45) is 0.545. The van der Waals surface area contributed by atoms with Gasteiger partial charge in [0.25, 0.3) is 10.1 Å². The van der Waals surface area contributed by atoms with Gasteiger partial charge in [-0.2, -0.15) is 8.42 Å². The molecule has 1 aliphatic rings. The SMILES string of the molecule is CC(C)(C)OC(=O)N[C@]1(C(=O)O)C[C@H]1CCOS(C)(=O)=O. The Labute approximate surface area is 123 Å². The number of aliphatic carboxylic acids is 1. The standard InChI is InChI=1S/C12H21NO7S/c1-11(2,3)20-10(16)13-12(9(14)15)7-8(12)5-6-19-21(4,17)18/h8H,5-7H2,1-4H3,(H,13,16)(H,14,15)/t8-,12-/m1/s1.